The van der Waals surface area contributed by atoms with Crippen LogP contribution in [0.15, 0.2) is 30.5 Å². The van der Waals surface area contributed by atoms with E-state index in [1.165, 1.54) is 0 Å². The van der Waals surface area contributed by atoms with Crippen molar-refractivity contribution in [3.8, 4) is 5.82 Å². The largest absolute Gasteiger partial charge is 0.388 e. The number of carbonyl (C=O) groups is 1. The van der Waals surface area contributed by atoms with Crippen molar-refractivity contribution in [3.63, 3.8) is 0 Å². The second kappa shape index (κ2) is 7.18. The summed E-state index contributed by atoms with van der Waals surface area (Å²) >= 11 is 0. The molecule has 2 aromatic heterocycles. The molecule has 2 atom stereocenters. The van der Waals surface area contributed by atoms with Gasteiger partial charge in [0.15, 0.2) is 0 Å². The van der Waals surface area contributed by atoms with Gasteiger partial charge in [-0.05, 0) is 44.9 Å². The number of pyridine rings is 1. The van der Waals surface area contributed by atoms with Crippen LogP contribution >= 0.6 is 0 Å². The van der Waals surface area contributed by atoms with Crippen molar-refractivity contribution in [3.05, 3.63) is 47.4 Å². The van der Waals surface area contributed by atoms with Crippen LogP contribution < -0.4 is 5.32 Å². The van der Waals surface area contributed by atoms with Crippen LogP contribution in [-0.2, 0) is 0 Å². The van der Waals surface area contributed by atoms with Crippen molar-refractivity contribution in [2.75, 3.05) is 6.54 Å². The summed E-state index contributed by atoms with van der Waals surface area (Å²) < 4.78 is 1.96. The summed E-state index contributed by atoms with van der Waals surface area (Å²) in [6.07, 6.45) is 2.59. The molecule has 0 aromatic carbocycles. The molecule has 0 bridgehead atoms. The highest BCUT2D eigenvalue weighted by atomic mass is 16.3. The number of nitrogens with zero attached hydrogens (tertiary/aromatic N) is 2. The fraction of sp³-hybridized carbons (Fsp3) is 0.474. The molecule has 0 fully saturated rings. The minimum Gasteiger partial charge on any atom is -0.388 e. The minimum atomic E-state index is -0.920. The maximum absolute atomic E-state index is 12.6. The number of nitrogens with one attached hydrogen (secondary N) is 1. The van der Waals surface area contributed by atoms with Gasteiger partial charge in [-0.15, -0.1) is 0 Å². The summed E-state index contributed by atoms with van der Waals surface area (Å²) in [5.41, 5.74) is 1.48. The smallest absolute Gasteiger partial charge is 0.253 e. The third-order valence-electron chi connectivity index (χ3n) is 4.83. The standard InChI is InChI=1S/C19H27N3O2/c1-6-13(2)19(5,24)12-21-18(23)16-11-14(3)22(15(16)4)17-9-7-8-10-20-17/h7-11,13,24H,6,12H2,1-5H3,(H,21,23). The van der Waals surface area contributed by atoms with Crippen LogP contribution in [0.25, 0.3) is 5.82 Å². The molecule has 0 saturated heterocycles. The predicted octanol–water partition coefficient (Wildman–Crippen LogP) is 3.02. The van der Waals surface area contributed by atoms with E-state index in [9.17, 15) is 9.90 Å². The first-order valence-electron chi connectivity index (χ1n) is 8.38. The molecule has 2 heterocycles. The average Bonchev–Trinajstić information content (AvgIpc) is 2.87. The van der Waals surface area contributed by atoms with Crippen molar-refractivity contribution in [2.45, 2.75) is 46.6 Å². The molecule has 24 heavy (non-hydrogen) atoms. The summed E-state index contributed by atoms with van der Waals surface area (Å²) in [6.45, 7) is 9.87. The number of hydrogen-bond acceptors (Lipinski definition) is 3. The molecule has 2 rings (SSSR count). The molecule has 0 aliphatic rings. The number of aryl methyl sites for hydroxylation is 1. The van der Waals surface area contributed by atoms with E-state index in [-0.39, 0.29) is 18.4 Å². The lowest BCUT2D eigenvalue weighted by Gasteiger charge is -2.29. The van der Waals surface area contributed by atoms with E-state index in [0.29, 0.717) is 5.56 Å². The molecule has 0 radical (unpaired) electrons. The van der Waals surface area contributed by atoms with Crippen molar-refractivity contribution in [1.29, 1.82) is 0 Å². The van der Waals surface area contributed by atoms with Gasteiger partial charge in [-0.1, -0.05) is 26.3 Å². The Bertz CT molecular complexity index is 705. The SMILES string of the molecule is CCC(C)C(C)(O)CNC(=O)c1cc(C)n(-c2ccccn2)c1C. The van der Waals surface area contributed by atoms with Gasteiger partial charge in [-0.25, -0.2) is 4.98 Å². The predicted molar refractivity (Wildman–Crippen MR) is 95.5 cm³/mol. The number of aromatic nitrogens is 2. The van der Waals surface area contributed by atoms with Crippen LogP contribution in [0.4, 0.5) is 0 Å². The van der Waals surface area contributed by atoms with Crippen LogP contribution in [0.5, 0.6) is 0 Å². The normalized spacial score (nSPS) is 14.9. The third kappa shape index (κ3) is 3.67. The van der Waals surface area contributed by atoms with E-state index < -0.39 is 5.60 Å². The second-order valence-electron chi connectivity index (χ2n) is 6.66. The zero-order chi connectivity index (χ0) is 17.9. The van der Waals surface area contributed by atoms with Gasteiger partial charge in [-0.3, -0.25) is 4.79 Å². The molecule has 2 unspecified atom stereocenters. The van der Waals surface area contributed by atoms with Crippen LogP contribution in [-0.4, -0.2) is 32.7 Å². The first-order chi connectivity index (χ1) is 11.3. The van der Waals surface area contributed by atoms with Crippen molar-refractivity contribution in [1.82, 2.24) is 14.9 Å². The summed E-state index contributed by atoms with van der Waals surface area (Å²) in [6, 6.07) is 7.55. The lowest BCUT2D eigenvalue weighted by Crippen LogP contribution is -2.45. The lowest BCUT2D eigenvalue weighted by molar-refractivity contribution is 0.00592. The number of aliphatic hydroxyl groups is 1. The molecule has 1 amide bonds. The topological polar surface area (TPSA) is 67.2 Å². The number of amides is 1. The zero-order valence-corrected chi connectivity index (χ0v) is 15.1. The molecule has 2 aromatic rings. The van der Waals surface area contributed by atoms with Crippen LogP contribution in [0, 0.1) is 19.8 Å². The van der Waals surface area contributed by atoms with Gasteiger partial charge in [0.05, 0.1) is 11.2 Å². The van der Waals surface area contributed by atoms with Crippen molar-refractivity contribution in [2.24, 2.45) is 5.92 Å². The Kier molecular flexibility index (Phi) is 5.44. The average molecular weight is 329 g/mol. The molecule has 5 heteroatoms. The molecule has 0 aliphatic heterocycles. The Balaban J connectivity index is 2.20. The molecular weight excluding hydrogens is 302 g/mol. The maximum atomic E-state index is 12.6. The molecular formula is C19H27N3O2. The highest BCUT2D eigenvalue weighted by Gasteiger charge is 2.28. The Hall–Kier alpha value is -2.14. The van der Waals surface area contributed by atoms with E-state index in [2.05, 4.69) is 10.3 Å². The Morgan fingerprint density at radius 3 is 2.71 bits per heavy atom. The van der Waals surface area contributed by atoms with Gasteiger partial charge in [0.25, 0.3) is 5.91 Å². The third-order valence-corrected chi connectivity index (χ3v) is 4.83. The second-order valence-corrected chi connectivity index (χ2v) is 6.66. The van der Waals surface area contributed by atoms with E-state index in [1.807, 2.05) is 56.5 Å². The van der Waals surface area contributed by atoms with Crippen LogP contribution in [0.2, 0.25) is 0 Å². The van der Waals surface area contributed by atoms with Gasteiger partial charge in [0, 0.05) is 24.1 Å². The summed E-state index contributed by atoms with van der Waals surface area (Å²) in [5, 5.41) is 13.3. The molecule has 0 aliphatic carbocycles. The first-order valence-corrected chi connectivity index (χ1v) is 8.38. The van der Waals surface area contributed by atoms with E-state index in [4.69, 9.17) is 0 Å². The summed E-state index contributed by atoms with van der Waals surface area (Å²) in [4.78, 5) is 16.9. The van der Waals surface area contributed by atoms with Gasteiger partial charge in [-0.2, -0.15) is 0 Å². The van der Waals surface area contributed by atoms with Gasteiger partial charge in [0.1, 0.15) is 5.82 Å². The zero-order valence-electron chi connectivity index (χ0n) is 15.1. The molecule has 130 valence electrons. The summed E-state index contributed by atoms with van der Waals surface area (Å²) in [5.74, 6) is 0.728. The van der Waals surface area contributed by atoms with Gasteiger partial charge < -0.3 is 15.0 Å². The van der Waals surface area contributed by atoms with Crippen molar-refractivity contribution < 1.29 is 9.90 Å². The summed E-state index contributed by atoms with van der Waals surface area (Å²) in [7, 11) is 0. The Morgan fingerprint density at radius 2 is 2.12 bits per heavy atom. The number of rotatable bonds is 6. The molecule has 2 N–H and O–H groups in total. The Labute approximate surface area is 143 Å². The fourth-order valence-electron chi connectivity index (χ4n) is 2.80. The first kappa shape index (κ1) is 18.2. The molecule has 0 saturated carbocycles. The minimum absolute atomic E-state index is 0.110. The van der Waals surface area contributed by atoms with Gasteiger partial charge in [0.2, 0.25) is 0 Å². The number of hydrogen-bond donors (Lipinski definition) is 2. The lowest BCUT2D eigenvalue weighted by atomic mass is 9.88. The maximum Gasteiger partial charge on any atom is 0.253 e. The Morgan fingerprint density at radius 1 is 1.42 bits per heavy atom. The van der Waals surface area contributed by atoms with E-state index in [1.54, 1.807) is 13.1 Å². The van der Waals surface area contributed by atoms with Crippen molar-refractivity contribution >= 4 is 5.91 Å². The highest BCUT2D eigenvalue weighted by Crippen LogP contribution is 2.21. The molecule has 5 nitrogen and oxygen atoms in total. The fourth-order valence-corrected chi connectivity index (χ4v) is 2.80. The monoisotopic (exact) mass is 329 g/mol. The van der Waals surface area contributed by atoms with E-state index >= 15 is 0 Å². The molecule has 0 spiro atoms. The van der Waals surface area contributed by atoms with Crippen LogP contribution in [0.1, 0.15) is 48.9 Å². The number of carbonyl (C=O) groups excluding carboxylic acids is 1. The van der Waals surface area contributed by atoms with Crippen LogP contribution in [0.3, 0.4) is 0 Å². The highest BCUT2D eigenvalue weighted by molar-refractivity contribution is 5.95. The van der Waals surface area contributed by atoms with E-state index in [0.717, 1.165) is 23.6 Å². The quantitative estimate of drug-likeness (QED) is 0.856. The van der Waals surface area contributed by atoms with Gasteiger partial charge >= 0.3 is 0 Å².